The smallest absolute Gasteiger partial charge is 0.303 e. The van der Waals surface area contributed by atoms with E-state index in [1.807, 2.05) is 0 Å². The maximum atomic E-state index is 11.4. The third-order valence-corrected chi connectivity index (χ3v) is 4.31. The first-order chi connectivity index (χ1) is 11.5. The Morgan fingerprint density at radius 1 is 1.38 bits per heavy atom. The van der Waals surface area contributed by atoms with Gasteiger partial charge in [-0.05, 0) is 18.1 Å². The number of benzene rings is 1. The normalized spacial score (nSPS) is 15.0. The molecule has 2 aromatic rings. The molecule has 8 heteroatoms. The summed E-state index contributed by atoms with van der Waals surface area (Å²) in [7, 11) is 1.75. The minimum atomic E-state index is -0.884. The summed E-state index contributed by atoms with van der Waals surface area (Å²) in [4.78, 5) is 24.1. The molecule has 1 aromatic heterocycles. The Labute approximate surface area is 138 Å². The number of morpholine rings is 1. The maximum absolute atomic E-state index is 11.4. The minimum absolute atomic E-state index is 0.00957. The van der Waals surface area contributed by atoms with E-state index in [1.54, 1.807) is 23.9 Å². The van der Waals surface area contributed by atoms with Gasteiger partial charge in [-0.3, -0.25) is 14.9 Å². The molecule has 1 fully saturated rings. The van der Waals surface area contributed by atoms with E-state index < -0.39 is 10.9 Å². The Hall–Kier alpha value is -2.61. The summed E-state index contributed by atoms with van der Waals surface area (Å²) in [5.41, 5.74) is 2.29. The van der Waals surface area contributed by atoms with Gasteiger partial charge in [0.2, 0.25) is 0 Å². The Balaban J connectivity index is 2.17. The van der Waals surface area contributed by atoms with Crippen LogP contribution in [-0.4, -0.2) is 46.9 Å². The molecule has 1 aliphatic rings. The summed E-state index contributed by atoms with van der Waals surface area (Å²) >= 11 is 0. The van der Waals surface area contributed by atoms with Crippen molar-refractivity contribution in [2.45, 2.75) is 12.8 Å². The number of carbonyl (C=O) groups is 1. The molecule has 1 aromatic carbocycles. The van der Waals surface area contributed by atoms with Crippen molar-refractivity contribution in [3.63, 3.8) is 0 Å². The zero-order chi connectivity index (χ0) is 17.3. The van der Waals surface area contributed by atoms with Crippen molar-refractivity contribution in [2.24, 2.45) is 7.05 Å². The van der Waals surface area contributed by atoms with Gasteiger partial charge in [-0.1, -0.05) is 0 Å². The average Bonchev–Trinajstić information content (AvgIpc) is 2.90. The van der Waals surface area contributed by atoms with Gasteiger partial charge < -0.3 is 19.3 Å². The van der Waals surface area contributed by atoms with Crippen molar-refractivity contribution in [3.05, 3.63) is 34.0 Å². The number of nitro benzene ring substituents is 1. The highest BCUT2D eigenvalue weighted by atomic mass is 16.6. The average molecular weight is 333 g/mol. The molecule has 3 rings (SSSR count). The van der Waals surface area contributed by atoms with Gasteiger partial charge in [-0.25, -0.2) is 0 Å². The van der Waals surface area contributed by atoms with Gasteiger partial charge in [0.1, 0.15) is 5.52 Å². The van der Waals surface area contributed by atoms with Gasteiger partial charge in [0, 0.05) is 49.9 Å². The maximum Gasteiger partial charge on any atom is 0.303 e. The van der Waals surface area contributed by atoms with E-state index >= 15 is 0 Å². The molecule has 0 spiro atoms. The number of nitro groups is 1. The van der Waals surface area contributed by atoms with Crippen molar-refractivity contribution in [1.82, 2.24) is 4.57 Å². The molecule has 2 heterocycles. The second-order valence-electron chi connectivity index (χ2n) is 5.84. The summed E-state index contributed by atoms with van der Waals surface area (Å²) in [5.74, 6) is -0.884. The number of aromatic nitrogens is 1. The number of hydrogen-bond acceptors (Lipinski definition) is 5. The van der Waals surface area contributed by atoms with Gasteiger partial charge in [-0.15, -0.1) is 0 Å². The molecule has 1 saturated heterocycles. The zero-order valence-corrected chi connectivity index (χ0v) is 13.4. The third-order valence-electron chi connectivity index (χ3n) is 4.31. The molecule has 0 unspecified atom stereocenters. The Morgan fingerprint density at radius 2 is 2.08 bits per heavy atom. The molecule has 0 saturated carbocycles. The highest BCUT2D eigenvalue weighted by Crippen LogP contribution is 2.37. The number of aryl methyl sites for hydroxylation is 2. The molecular weight excluding hydrogens is 314 g/mol. The highest BCUT2D eigenvalue weighted by molar-refractivity contribution is 6.01. The van der Waals surface area contributed by atoms with Crippen LogP contribution >= 0.6 is 0 Å². The Kier molecular flexibility index (Phi) is 4.39. The first kappa shape index (κ1) is 16.3. The quantitative estimate of drug-likeness (QED) is 0.663. The Morgan fingerprint density at radius 3 is 2.71 bits per heavy atom. The van der Waals surface area contributed by atoms with Gasteiger partial charge in [0.15, 0.2) is 0 Å². The number of fused-ring (bicyclic) bond motifs is 1. The van der Waals surface area contributed by atoms with Crippen LogP contribution in [0, 0.1) is 10.1 Å². The molecule has 8 nitrogen and oxygen atoms in total. The first-order valence-corrected chi connectivity index (χ1v) is 7.79. The van der Waals surface area contributed by atoms with Gasteiger partial charge in [0.05, 0.1) is 18.1 Å². The summed E-state index contributed by atoms with van der Waals surface area (Å²) in [5, 5.41) is 21.1. The van der Waals surface area contributed by atoms with Crippen LogP contribution < -0.4 is 4.90 Å². The van der Waals surface area contributed by atoms with Gasteiger partial charge >= 0.3 is 5.97 Å². The number of non-ortho nitro benzene ring substituents is 1. The van der Waals surface area contributed by atoms with Crippen LogP contribution in [-0.2, 0) is 23.0 Å². The SMILES string of the molecule is Cn1cc(CCC(=O)O)c2c(N3CCOCC3)ccc([N+](=O)[O-])c21. The fourth-order valence-corrected chi connectivity index (χ4v) is 3.25. The van der Waals surface area contributed by atoms with Gasteiger partial charge in [0.25, 0.3) is 5.69 Å². The summed E-state index contributed by atoms with van der Waals surface area (Å²) < 4.78 is 7.09. The number of hydrogen-bond donors (Lipinski definition) is 1. The van der Waals surface area contributed by atoms with E-state index in [9.17, 15) is 14.9 Å². The van der Waals surface area contributed by atoms with Crippen LogP contribution in [0.15, 0.2) is 18.3 Å². The number of ether oxygens (including phenoxy) is 1. The number of nitrogens with zero attached hydrogens (tertiary/aromatic N) is 3. The minimum Gasteiger partial charge on any atom is -0.481 e. The number of rotatable bonds is 5. The van der Waals surface area contributed by atoms with Crippen LogP contribution in [0.25, 0.3) is 10.9 Å². The molecule has 0 bridgehead atoms. The van der Waals surface area contributed by atoms with E-state index in [1.165, 1.54) is 6.07 Å². The summed E-state index contributed by atoms with van der Waals surface area (Å²) in [6.07, 6.45) is 2.13. The fourth-order valence-electron chi connectivity index (χ4n) is 3.25. The summed E-state index contributed by atoms with van der Waals surface area (Å²) in [6, 6.07) is 3.28. The number of anilines is 1. The van der Waals surface area contributed by atoms with Crippen molar-refractivity contribution in [2.75, 3.05) is 31.2 Å². The van der Waals surface area contributed by atoms with Crippen LogP contribution in [0.3, 0.4) is 0 Å². The van der Waals surface area contributed by atoms with Crippen LogP contribution in [0.1, 0.15) is 12.0 Å². The molecule has 0 atom stereocenters. The number of carboxylic acid groups (broad SMARTS) is 1. The summed E-state index contributed by atoms with van der Waals surface area (Å²) in [6.45, 7) is 2.63. The number of carboxylic acids is 1. The van der Waals surface area contributed by atoms with Crippen LogP contribution in [0.4, 0.5) is 11.4 Å². The van der Waals surface area contributed by atoms with E-state index in [4.69, 9.17) is 9.84 Å². The predicted octanol–water partition coefficient (Wildman–Crippen LogP) is 1.94. The lowest BCUT2D eigenvalue weighted by molar-refractivity contribution is -0.383. The fraction of sp³-hybridized carbons (Fsp3) is 0.438. The lowest BCUT2D eigenvalue weighted by Crippen LogP contribution is -2.36. The van der Waals surface area contributed by atoms with E-state index in [-0.39, 0.29) is 12.1 Å². The molecule has 0 aliphatic carbocycles. The highest BCUT2D eigenvalue weighted by Gasteiger charge is 2.24. The van der Waals surface area contributed by atoms with Crippen molar-refractivity contribution in [3.8, 4) is 0 Å². The lowest BCUT2D eigenvalue weighted by Gasteiger charge is -2.29. The monoisotopic (exact) mass is 333 g/mol. The second kappa shape index (κ2) is 6.48. The second-order valence-corrected chi connectivity index (χ2v) is 5.84. The zero-order valence-electron chi connectivity index (χ0n) is 13.4. The molecule has 128 valence electrons. The van der Waals surface area contributed by atoms with Crippen LogP contribution in [0.5, 0.6) is 0 Å². The van der Waals surface area contributed by atoms with Gasteiger partial charge in [-0.2, -0.15) is 0 Å². The van der Waals surface area contributed by atoms with Crippen LogP contribution in [0.2, 0.25) is 0 Å². The van der Waals surface area contributed by atoms with Crippen molar-refractivity contribution < 1.29 is 19.6 Å². The van der Waals surface area contributed by atoms with E-state index in [0.717, 1.165) is 16.6 Å². The number of aliphatic carboxylic acids is 1. The largest absolute Gasteiger partial charge is 0.481 e. The third kappa shape index (κ3) is 2.92. The van der Waals surface area contributed by atoms with Crippen molar-refractivity contribution >= 4 is 28.2 Å². The van der Waals surface area contributed by atoms with E-state index in [2.05, 4.69) is 4.90 Å². The topological polar surface area (TPSA) is 97.8 Å². The molecule has 1 N–H and O–H groups in total. The predicted molar refractivity (Wildman–Crippen MR) is 88.6 cm³/mol. The standard InChI is InChI=1S/C16H19N3O5/c1-17-10-11(2-5-14(20)21)15-12(18-6-8-24-9-7-18)3-4-13(16(15)17)19(22)23/h3-4,10H,2,5-9H2,1H3,(H,20,21). The molecule has 1 aliphatic heterocycles. The molecule has 24 heavy (non-hydrogen) atoms. The van der Waals surface area contributed by atoms with E-state index in [0.29, 0.717) is 38.2 Å². The van der Waals surface area contributed by atoms with Crippen molar-refractivity contribution in [1.29, 1.82) is 0 Å². The molecular formula is C16H19N3O5. The molecule has 0 amide bonds. The lowest BCUT2D eigenvalue weighted by atomic mass is 10.0. The Bertz CT molecular complexity index is 793. The molecule has 0 radical (unpaired) electrons. The first-order valence-electron chi connectivity index (χ1n) is 7.79.